The molecule has 3 N–H and O–H groups in total. The Bertz CT molecular complexity index is 1120. The van der Waals surface area contributed by atoms with Crippen LogP contribution in [0.25, 0.3) is 0 Å². The SMILES string of the molecule is CCS(=O)(=O)c1ccc(Oc2ncnc(C(CC3CCNCC3)OC=O)c2[N+](=O)[O-])c(N)c1. The molecule has 0 amide bonds. The average molecular weight is 480 g/mol. The molecule has 13 heteroatoms. The number of carbonyl (C=O) groups excluding carboxylic acids is 1. The van der Waals surface area contributed by atoms with Gasteiger partial charge in [0, 0.05) is 0 Å². The molecule has 1 atom stereocenters. The number of benzene rings is 1. The molecular formula is C20H25N5O7S. The normalized spacial score (nSPS) is 15.5. The highest BCUT2D eigenvalue weighted by Gasteiger charge is 2.33. The summed E-state index contributed by atoms with van der Waals surface area (Å²) in [5.41, 5.74) is 5.27. The van der Waals surface area contributed by atoms with Gasteiger partial charge in [0.2, 0.25) is 0 Å². The maximum absolute atomic E-state index is 12.1. The van der Waals surface area contributed by atoms with Gasteiger partial charge in [-0.05, 0) is 56.5 Å². The molecule has 1 aromatic carbocycles. The smallest absolute Gasteiger partial charge is 0.356 e. The van der Waals surface area contributed by atoms with E-state index in [4.69, 9.17) is 15.2 Å². The molecule has 0 saturated carbocycles. The van der Waals surface area contributed by atoms with Crippen LogP contribution in [0.5, 0.6) is 11.6 Å². The summed E-state index contributed by atoms with van der Waals surface area (Å²) >= 11 is 0. The average Bonchev–Trinajstić information content (AvgIpc) is 2.80. The molecule has 2 aromatic rings. The van der Waals surface area contributed by atoms with Crippen LogP contribution in [0.4, 0.5) is 11.4 Å². The van der Waals surface area contributed by atoms with Crippen molar-refractivity contribution in [1.82, 2.24) is 15.3 Å². The van der Waals surface area contributed by atoms with Gasteiger partial charge in [0.05, 0.1) is 21.3 Å². The van der Waals surface area contributed by atoms with E-state index in [2.05, 4.69) is 15.3 Å². The number of nitrogens with one attached hydrogen (secondary N) is 1. The van der Waals surface area contributed by atoms with E-state index in [0.717, 1.165) is 32.3 Å². The Morgan fingerprint density at radius 1 is 1.33 bits per heavy atom. The van der Waals surface area contributed by atoms with Crippen LogP contribution in [0.1, 0.15) is 38.0 Å². The zero-order valence-electron chi connectivity index (χ0n) is 18.0. The second-order valence-electron chi connectivity index (χ2n) is 7.52. The van der Waals surface area contributed by atoms with E-state index < -0.39 is 32.4 Å². The highest BCUT2D eigenvalue weighted by Crippen LogP contribution is 2.39. The maximum atomic E-state index is 12.1. The molecule has 0 bridgehead atoms. The number of nitrogen functional groups attached to an aromatic ring is 1. The minimum atomic E-state index is -3.49. The molecule has 2 heterocycles. The highest BCUT2D eigenvalue weighted by molar-refractivity contribution is 7.91. The first kappa shape index (κ1) is 24.3. The van der Waals surface area contributed by atoms with Gasteiger partial charge in [-0.15, -0.1) is 0 Å². The largest absolute Gasteiger partial charge is 0.458 e. The summed E-state index contributed by atoms with van der Waals surface area (Å²) in [5, 5.41) is 15.2. The molecule has 1 aliphatic heterocycles. The number of nitrogens with zero attached hydrogens (tertiary/aromatic N) is 3. The molecule has 178 valence electrons. The van der Waals surface area contributed by atoms with E-state index >= 15 is 0 Å². The molecular weight excluding hydrogens is 454 g/mol. The van der Waals surface area contributed by atoms with E-state index in [9.17, 15) is 23.3 Å². The lowest BCUT2D eigenvalue weighted by Gasteiger charge is -2.25. The van der Waals surface area contributed by atoms with Gasteiger partial charge in [-0.2, -0.15) is 4.98 Å². The van der Waals surface area contributed by atoms with Gasteiger partial charge in [-0.3, -0.25) is 14.9 Å². The number of nitro groups is 1. The summed E-state index contributed by atoms with van der Waals surface area (Å²) in [7, 11) is -3.49. The minimum Gasteiger partial charge on any atom is -0.458 e. The predicted octanol–water partition coefficient (Wildman–Crippen LogP) is 2.16. The zero-order chi connectivity index (χ0) is 24.0. The number of nitrogens with two attached hydrogens (primary N) is 1. The standard InChI is InChI=1S/C20H25N5O7S/c1-2-33(29,30)14-3-4-16(15(21)10-14)32-20-19(25(27)28)18(23-11-24-20)17(31-12-26)9-13-5-7-22-8-6-13/h3-4,10-13,17,22H,2,5-9,21H2,1H3. The third kappa shape index (κ3) is 5.73. The van der Waals surface area contributed by atoms with Gasteiger partial charge in [-0.1, -0.05) is 6.92 Å². The van der Waals surface area contributed by atoms with Crippen molar-refractivity contribution in [2.75, 3.05) is 24.6 Å². The molecule has 0 spiro atoms. The molecule has 1 fully saturated rings. The van der Waals surface area contributed by atoms with E-state index in [1.54, 1.807) is 0 Å². The fourth-order valence-electron chi connectivity index (χ4n) is 3.66. The Kier molecular flexibility index (Phi) is 7.76. The Morgan fingerprint density at radius 3 is 2.67 bits per heavy atom. The number of sulfone groups is 1. The number of aromatic nitrogens is 2. The summed E-state index contributed by atoms with van der Waals surface area (Å²) in [4.78, 5) is 30.2. The van der Waals surface area contributed by atoms with Gasteiger partial charge in [0.1, 0.15) is 6.33 Å². The summed E-state index contributed by atoms with van der Waals surface area (Å²) in [6, 6.07) is 3.82. The van der Waals surface area contributed by atoms with Crippen LogP contribution in [-0.4, -0.2) is 48.6 Å². The second kappa shape index (κ2) is 10.5. The first-order valence-corrected chi connectivity index (χ1v) is 12.0. The van der Waals surface area contributed by atoms with Crippen LogP contribution in [0.2, 0.25) is 0 Å². The van der Waals surface area contributed by atoms with Gasteiger partial charge in [0.15, 0.2) is 27.4 Å². The van der Waals surface area contributed by atoms with Crippen LogP contribution in [0.15, 0.2) is 29.4 Å². The van der Waals surface area contributed by atoms with Crippen molar-refractivity contribution in [1.29, 1.82) is 0 Å². The van der Waals surface area contributed by atoms with Gasteiger partial charge in [0.25, 0.3) is 6.47 Å². The van der Waals surface area contributed by atoms with Crippen molar-refractivity contribution < 1.29 is 27.6 Å². The fraction of sp³-hybridized carbons (Fsp3) is 0.450. The Labute approximate surface area is 190 Å². The van der Waals surface area contributed by atoms with E-state index in [1.165, 1.54) is 25.1 Å². The molecule has 1 aromatic heterocycles. The van der Waals surface area contributed by atoms with Gasteiger partial charge < -0.3 is 20.5 Å². The van der Waals surface area contributed by atoms with Crippen LogP contribution in [0, 0.1) is 16.0 Å². The summed E-state index contributed by atoms with van der Waals surface area (Å²) in [6.45, 7) is 3.36. The number of anilines is 1. The highest BCUT2D eigenvalue weighted by atomic mass is 32.2. The predicted molar refractivity (Wildman–Crippen MR) is 117 cm³/mol. The van der Waals surface area contributed by atoms with Crippen molar-refractivity contribution >= 4 is 27.7 Å². The molecule has 3 rings (SSSR count). The number of hydrogen-bond acceptors (Lipinski definition) is 11. The second-order valence-corrected chi connectivity index (χ2v) is 9.80. The Balaban J connectivity index is 1.96. The molecule has 33 heavy (non-hydrogen) atoms. The van der Waals surface area contributed by atoms with Crippen LogP contribution < -0.4 is 15.8 Å². The van der Waals surface area contributed by atoms with Crippen LogP contribution in [0.3, 0.4) is 0 Å². The van der Waals surface area contributed by atoms with Crippen molar-refractivity contribution in [3.63, 3.8) is 0 Å². The molecule has 0 aliphatic carbocycles. The van der Waals surface area contributed by atoms with Crippen LogP contribution >= 0.6 is 0 Å². The summed E-state index contributed by atoms with van der Waals surface area (Å²) in [5.74, 6) is -0.321. The summed E-state index contributed by atoms with van der Waals surface area (Å²) in [6.07, 6.45) is 2.16. The zero-order valence-corrected chi connectivity index (χ0v) is 18.8. The van der Waals surface area contributed by atoms with E-state index in [1.807, 2.05) is 0 Å². The number of hydrogen-bond donors (Lipinski definition) is 2. The first-order valence-electron chi connectivity index (χ1n) is 10.4. The van der Waals surface area contributed by atoms with Crippen molar-refractivity contribution in [2.24, 2.45) is 5.92 Å². The Morgan fingerprint density at radius 2 is 2.06 bits per heavy atom. The Hall–Kier alpha value is -3.32. The van der Waals surface area contributed by atoms with Crippen LogP contribution in [-0.2, 0) is 19.4 Å². The van der Waals surface area contributed by atoms with Gasteiger partial charge >= 0.3 is 11.6 Å². The third-order valence-electron chi connectivity index (χ3n) is 5.46. The quantitative estimate of drug-likeness (QED) is 0.221. The summed E-state index contributed by atoms with van der Waals surface area (Å²) < 4.78 is 34.9. The topological polar surface area (TPSA) is 177 Å². The number of carbonyl (C=O) groups is 1. The lowest BCUT2D eigenvalue weighted by Crippen LogP contribution is -2.29. The third-order valence-corrected chi connectivity index (χ3v) is 7.19. The van der Waals surface area contributed by atoms with Gasteiger partial charge in [-0.25, -0.2) is 13.4 Å². The van der Waals surface area contributed by atoms with E-state index in [0.29, 0.717) is 6.42 Å². The lowest BCUT2D eigenvalue weighted by atomic mass is 9.90. The van der Waals surface area contributed by atoms with Crippen molar-refractivity contribution in [2.45, 2.75) is 37.2 Å². The maximum Gasteiger partial charge on any atom is 0.356 e. The molecule has 1 saturated heterocycles. The number of piperidine rings is 1. The monoisotopic (exact) mass is 479 g/mol. The van der Waals surface area contributed by atoms with E-state index in [-0.39, 0.29) is 40.2 Å². The number of rotatable bonds is 10. The lowest BCUT2D eigenvalue weighted by molar-refractivity contribution is -0.387. The molecule has 1 unspecified atom stereocenters. The fourth-order valence-corrected chi connectivity index (χ4v) is 4.58. The molecule has 0 radical (unpaired) electrons. The molecule has 12 nitrogen and oxygen atoms in total. The van der Waals surface area contributed by atoms with Crippen molar-refractivity contribution in [3.05, 3.63) is 40.3 Å². The molecule has 1 aliphatic rings. The minimum absolute atomic E-state index is 0.00847. The number of ether oxygens (including phenoxy) is 2. The first-order chi connectivity index (χ1) is 15.8. The van der Waals surface area contributed by atoms with Crippen molar-refractivity contribution in [3.8, 4) is 11.6 Å².